The number of hydrogen-bond acceptors (Lipinski definition) is 2. The summed E-state index contributed by atoms with van der Waals surface area (Å²) in [4.78, 5) is 11.6. The maximum atomic E-state index is 13.3. The topological polar surface area (TPSA) is 49.3 Å². The summed E-state index contributed by atoms with van der Waals surface area (Å²) in [6.07, 6.45) is -0.346. The maximum absolute atomic E-state index is 13.3. The summed E-state index contributed by atoms with van der Waals surface area (Å²) in [5.74, 6) is -2.03. The third-order valence-electron chi connectivity index (χ3n) is 2.93. The van der Waals surface area contributed by atoms with Gasteiger partial charge in [0.15, 0.2) is 0 Å². The molecule has 0 heterocycles. The van der Waals surface area contributed by atoms with Crippen LogP contribution in [-0.4, -0.2) is 23.7 Å². The van der Waals surface area contributed by atoms with Crippen molar-refractivity contribution in [1.82, 2.24) is 5.32 Å². The molecule has 1 amide bonds. The van der Waals surface area contributed by atoms with Crippen LogP contribution >= 0.6 is 0 Å². The number of rotatable bonds is 5. The predicted molar refractivity (Wildman–Crippen MR) is 63.9 cm³/mol. The summed E-state index contributed by atoms with van der Waals surface area (Å²) in [6.45, 7) is 3.45. The highest BCUT2D eigenvalue weighted by atomic mass is 19.1. The molecule has 5 heteroatoms. The molecule has 100 valence electrons. The van der Waals surface area contributed by atoms with E-state index in [1.807, 2.05) is 0 Å². The first-order chi connectivity index (χ1) is 8.45. The molecule has 1 aromatic rings. The lowest BCUT2D eigenvalue weighted by atomic mass is 10.0. The number of halogens is 2. The second-order valence-electron chi connectivity index (χ2n) is 4.39. The summed E-state index contributed by atoms with van der Waals surface area (Å²) >= 11 is 0. The molecule has 0 saturated carbocycles. The SMILES string of the molecule is CC(CO)C(C)NC(=O)Cc1c(F)cccc1F. The minimum Gasteiger partial charge on any atom is -0.396 e. The number of carbonyl (C=O) groups is 1. The van der Waals surface area contributed by atoms with Gasteiger partial charge in [-0.3, -0.25) is 4.79 Å². The molecule has 0 fully saturated rings. The molecule has 0 aromatic heterocycles. The van der Waals surface area contributed by atoms with Gasteiger partial charge in [0.2, 0.25) is 5.91 Å². The Bertz CT molecular complexity index is 403. The molecule has 2 unspecified atom stereocenters. The largest absolute Gasteiger partial charge is 0.396 e. The van der Waals surface area contributed by atoms with Crippen molar-refractivity contribution in [1.29, 1.82) is 0 Å². The summed E-state index contributed by atoms with van der Waals surface area (Å²) in [6, 6.07) is 3.23. The number of benzene rings is 1. The highest BCUT2D eigenvalue weighted by Crippen LogP contribution is 2.13. The van der Waals surface area contributed by atoms with Gasteiger partial charge >= 0.3 is 0 Å². The number of carbonyl (C=O) groups excluding carboxylic acids is 1. The van der Waals surface area contributed by atoms with Crippen molar-refractivity contribution in [3.63, 3.8) is 0 Å². The van der Waals surface area contributed by atoms with Crippen molar-refractivity contribution in [3.05, 3.63) is 35.4 Å². The number of amides is 1. The Morgan fingerprint density at radius 3 is 2.39 bits per heavy atom. The van der Waals surface area contributed by atoms with Gasteiger partial charge in [-0.2, -0.15) is 0 Å². The second kappa shape index (κ2) is 6.44. The first-order valence-electron chi connectivity index (χ1n) is 5.78. The predicted octanol–water partition coefficient (Wildman–Crippen LogP) is 1.64. The Balaban J connectivity index is 2.65. The van der Waals surface area contributed by atoms with Crippen LogP contribution in [0.4, 0.5) is 8.78 Å². The molecule has 18 heavy (non-hydrogen) atoms. The van der Waals surface area contributed by atoms with Crippen LogP contribution < -0.4 is 5.32 Å². The zero-order valence-corrected chi connectivity index (χ0v) is 10.4. The Hall–Kier alpha value is -1.49. The van der Waals surface area contributed by atoms with Crippen LogP contribution in [0.2, 0.25) is 0 Å². The van der Waals surface area contributed by atoms with E-state index in [-0.39, 0.29) is 30.6 Å². The lowest BCUT2D eigenvalue weighted by molar-refractivity contribution is -0.121. The van der Waals surface area contributed by atoms with Crippen molar-refractivity contribution in [3.8, 4) is 0 Å². The van der Waals surface area contributed by atoms with Crippen molar-refractivity contribution < 1.29 is 18.7 Å². The normalized spacial score (nSPS) is 14.1. The second-order valence-corrected chi connectivity index (χ2v) is 4.39. The average molecular weight is 257 g/mol. The van der Waals surface area contributed by atoms with Gasteiger partial charge in [-0.05, 0) is 25.0 Å². The van der Waals surface area contributed by atoms with Crippen LogP contribution in [0.3, 0.4) is 0 Å². The van der Waals surface area contributed by atoms with E-state index in [2.05, 4.69) is 5.32 Å². The van der Waals surface area contributed by atoms with Gasteiger partial charge in [-0.1, -0.05) is 13.0 Å². The lowest BCUT2D eigenvalue weighted by Gasteiger charge is -2.19. The molecule has 0 radical (unpaired) electrons. The van der Waals surface area contributed by atoms with Crippen molar-refractivity contribution in [2.45, 2.75) is 26.3 Å². The van der Waals surface area contributed by atoms with Crippen LogP contribution in [0, 0.1) is 17.6 Å². The zero-order chi connectivity index (χ0) is 13.7. The molecule has 0 spiro atoms. The maximum Gasteiger partial charge on any atom is 0.224 e. The molecule has 3 nitrogen and oxygen atoms in total. The molecule has 0 aliphatic carbocycles. The molecule has 1 aromatic carbocycles. The Morgan fingerprint density at radius 1 is 1.33 bits per heavy atom. The molecule has 0 bridgehead atoms. The van der Waals surface area contributed by atoms with Crippen LogP contribution in [-0.2, 0) is 11.2 Å². The highest BCUT2D eigenvalue weighted by Gasteiger charge is 2.17. The number of aliphatic hydroxyl groups is 1. The van der Waals surface area contributed by atoms with Gasteiger partial charge < -0.3 is 10.4 Å². The van der Waals surface area contributed by atoms with E-state index < -0.39 is 17.5 Å². The highest BCUT2D eigenvalue weighted by molar-refractivity contribution is 5.78. The molecular weight excluding hydrogens is 240 g/mol. The number of hydrogen-bond donors (Lipinski definition) is 2. The Morgan fingerprint density at radius 2 is 1.89 bits per heavy atom. The average Bonchev–Trinajstić information content (AvgIpc) is 2.32. The van der Waals surface area contributed by atoms with Gasteiger partial charge in [0.25, 0.3) is 0 Å². The van der Waals surface area contributed by atoms with Gasteiger partial charge in [0, 0.05) is 18.2 Å². The van der Waals surface area contributed by atoms with Crippen LogP contribution in [0.1, 0.15) is 19.4 Å². The van der Waals surface area contributed by atoms with Gasteiger partial charge in [0.1, 0.15) is 11.6 Å². The van der Waals surface area contributed by atoms with Gasteiger partial charge in [0.05, 0.1) is 6.42 Å². The van der Waals surface area contributed by atoms with Crippen molar-refractivity contribution in [2.75, 3.05) is 6.61 Å². The van der Waals surface area contributed by atoms with E-state index in [0.717, 1.165) is 12.1 Å². The van der Waals surface area contributed by atoms with E-state index >= 15 is 0 Å². The third kappa shape index (κ3) is 3.77. The Kier molecular flexibility index (Phi) is 5.22. The smallest absolute Gasteiger partial charge is 0.224 e. The fourth-order valence-electron chi connectivity index (χ4n) is 1.47. The van der Waals surface area contributed by atoms with Gasteiger partial charge in [-0.15, -0.1) is 0 Å². The van der Waals surface area contributed by atoms with E-state index in [4.69, 9.17) is 5.11 Å². The molecule has 2 N–H and O–H groups in total. The first-order valence-corrected chi connectivity index (χ1v) is 5.78. The Labute approximate surface area is 105 Å². The minimum atomic E-state index is -0.729. The minimum absolute atomic E-state index is 0.0600. The number of nitrogens with one attached hydrogen (secondary N) is 1. The van der Waals surface area contributed by atoms with Crippen LogP contribution in [0.5, 0.6) is 0 Å². The molecule has 0 saturated heterocycles. The van der Waals surface area contributed by atoms with Crippen LogP contribution in [0.25, 0.3) is 0 Å². The quantitative estimate of drug-likeness (QED) is 0.842. The molecule has 2 atom stereocenters. The van der Waals surface area contributed by atoms with E-state index in [9.17, 15) is 13.6 Å². The zero-order valence-electron chi connectivity index (χ0n) is 10.4. The fourth-order valence-corrected chi connectivity index (χ4v) is 1.47. The van der Waals surface area contributed by atoms with E-state index in [1.54, 1.807) is 13.8 Å². The molecule has 0 aliphatic rings. The summed E-state index contributed by atoms with van der Waals surface area (Å²) in [7, 11) is 0. The van der Waals surface area contributed by atoms with Crippen LogP contribution in [0.15, 0.2) is 18.2 Å². The molecular formula is C13H17F2NO2. The summed E-state index contributed by atoms with van der Waals surface area (Å²) in [5.41, 5.74) is -0.237. The monoisotopic (exact) mass is 257 g/mol. The van der Waals surface area contributed by atoms with E-state index in [0.29, 0.717) is 0 Å². The fraction of sp³-hybridized carbons (Fsp3) is 0.462. The third-order valence-corrected chi connectivity index (χ3v) is 2.93. The van der Waals surface area contributed by atoms with E-state index in [1.165, 1.54) is 6.07 Å². The summed E-state index contributed by atoms with van der Waals surface area (Å²) in [5, 5.41) is 11.5. The van der Waals surface area contributed by atoms with Gasteiger partial charge in [-0.25, -0.2) is 8.78 Å². The molecule has 1 rings (SSSR count). The first kappa shape index (κ1) is 14.6. The summed E-state index contributed by atoms with van der Waals surface area (Å²) < 4.78 is 26.6. The lowest BCUT2D eigenvalue weighted by Crippen LogP contribution is -2.39. The number of aliphatic hydroxyl groups excluding tert-OH is 1. The molecule has 0 aliphatic heterocycles. The standard InChI is InChI=1S/C13H17F2NO2/c1-8(7-17)9(2)16-13(18)6-10-11(14)4-3-5-12(10)15/h3-5,8-9,17H,6-7H2,1-2H3,(H,16,18). The van der Waals surface area contributed by atoms with Crippen molar-refractivity contribution in [2.24, 2.45) is 5.92 Å². The van der Waals surface area contributed by atoms with Crippen molar-refractivity contribution >= 4 is 5.91 Å².